The highest BCUT2D eigenvalue weighted by Crippen LogP contribution is 2.25. The van der Waals surface area contributed by atoms with Crippen molar-refractivity contribution in [3.63, 3.8) is 0 Å². The van der Waals surface area contributed by atoms with Crippen molar-refractivity contribution in [3.8, 4) is 5.88 Å². The first-order valence-corrected chi connectivity index (χ1v) is 6.79. The lowest BCUT2D eigenvalue weighted by atomic mass is 10.3. The number of pyridine rings is 1. The van der Waals surface area contributed by atoms with Crippen LogP contribution in [0.2, 0.25) is 0 Å². The maximum atomic E-state index is 11.0. The zero-order chi connectivity index (χ0) is 14.5. The molecule has 1 unspecified atom stereocenters. The van der Waals surface area contributed by atoms with E-state index in [0.29, 0.717) is 18.5 Å². The van der Waals surface area contributed by atoms with Crippen LogP contribution in [0.1, 0.15) is 19.8 Å². The molecule has 20 heavy (non-hydrogen) atoms. The number of hydrogen-bond acceptors (Lipinski definition) is 6. The summed E-state index contributed by atoms with van der Waals surface area (Å²) in [5.74, 6) is 0.632. The molecule has 2 heterocycles. The Morgan fingerprint density at radius 3 is 2.80 bits per heavy atom. The molecule has 1 aromatic heterocycles. The van der Waals surface area contributed by atoms with Crippen LogP contribution in [0.15, 0.2) is 12.1 Å². The van der Waals surface area contributed by atoms with Crippen LogP contribution in [0.5, 0.6) is 5.88 Å². The van der Waals surface area contributed by atoms with Crippen LogP contribution >= 0.6 is 0 Å². The Bertz CT molecular complexity index is 475. The summed E-state index contributed by atoms with van der Waals surface area (Å²) in [6.07, 6.45) is 2.45. The van der Waals surface area contributed by atoms with Crippen LogP contribution in [-0.4, -0.2) is 47.6 Å². The van der Waals surface area contributed by atoms with Gasteiger partial charge >= 0.3 is 5.69 Å². The number of nitrogens with one attached hydrogen (secondary N) is 1. The molecule has 0 spiro atoms. The molecule has 0 radical (unpaired) electrons. The number of methoxy groups -OCH3 is 1. The number of ether oxygens (including phenoxy) is 1. The third-order valence-corrected chi connectivity index (χ3v) is 3.58. The summed E-state index contributed by atoms with van der Waals surface area (Å²) < 4.78 is 5.01. The lowest BCUT2D eigenvalue weighted by molar-refractivity contribution is -0.384. The predicted octanol–water partition coefficient (Wildman–Crippen LogP) is 1.89. The van der Waals surface area contributed by atoms with Gasteiger partial charge in [-0.3, -0.25) is 15.0 Å². The monoisotopic (exact) mass is 280 g/mol. The second-order valence-electron chi connectivity index (χ2n) is 4.95. The average molecular weight is 280 g/mol. The molecule has 1 atom stereocenters. The first-order chi connectivity index (χ1) is 9.61. The minimum atomic E-state index is -0.435. The van der Waals surface area contributed by atoms with Crippen molar-refractivity contribution in [2.45, 2.75) is 25.8 Å². The minimum Gasteiger partial charge on any atom is -0.481 e. The maximum absolute atomic E-state index is 11.0. The summed E-state index contributed by atoms with van der Waals surface area (Å²) in [4.78, 5) is 17.1. The first kappa shape index (κ1) is 14.5. The van der Waals surface area contributed by atoms with Gasteiger partial charge in [-0.25, -0.2) is 0 Å². The van der Waals surface area contributed by atoms with E-state index in [0.717, 1.165) is 13.1 Å². The van der Waals surface area contributed by atoms with Crippen LogP contribution in [-0.2, 0) is 0 Å². The van der Waals surface area contributed by atoms with Crippen LogP contribution < -0.4 is 10.1 Å². The van der Waals surface area contributed by atoms with Gasteiger partial charge in [0, 0.05) is 24.7 Å². The number of hydrogen-bond donors (Lipinski definition) is 1. The fourth-order valence-corrected chi connectivity index (χ4v) is 2.38. The molecule has 7 heteroatoms. The largest absolute Gasteiger partial charge is 0.481 e. The van der Waals surface area contributed by atoms with E-state index in [-0.39, 0.29) is 11.5 Å². The zero-order valence-electron chi connectivity index (χ0n) is 11.8. The Morgan fingerprint density at radius 1 is 1.50 bits per heavy atom. The van der Waals surface area contributed by atoms with E-state index in [9.17, 15) is 10.1 Å². The molecule has 1 aliphatic heterocycles. The number of likely N-dealkylation sites (tertiary alicyclic amines) is 1. The molecule has 1 N–H and O–H groups in total. The molecule has 1 aliphatic rings. The van der Waals surface area contributed by atoms with Gasteiger partial charge in [-0.2, -0.15) is 4.98 Å². The maximum Gasteiger partial charge on any atom is 0.311 e. The fraction of sp³-hybridized carbons (Fsp3) is 0.615. The molecule has 1 fully saturated rings. The summed E-state index contributed by atoms with van der Waals surface area (Å²) in [5.41, 5.74) is -0.0283. The topological polar surface area (TPSA) is 80.5 Å². The molecular formula is C13H20N4O3. The second-order valence-corrected chi connectivity index (χ2v) is 4.95. The van der Waals surface area contributed by atoms with Crippen molar-refractivity contribution in [1.29, 1.82) is 0 Å². The van der Waals surface area contributed by atoms with Gasteiger partial charge in [0.15, 0.2) is 0 Å². The zero-order valence-corrected chi connectivity index (χ0v) is 11.8. The van der Waals surface area contributed by atoms with Crippen molar-refractivity contribution < 1.29 is 9.66 Å². The minimum absolute atomic E-state index is 0.0283. The normalized spacial score (nSPS) is 16.9. The third kappa shape index (κ3) is 3.36. The van der Waals surface area contributed by atoms with Gasteiger partial charge in [0.25, 0.3) is 0 Å². The lowest BCUT2D eigenvalue weighted by Crippen LogP contribution is -2.35. The molecule has 1 aromatic rings. The molecule has 2 rings (SSSR count). The van der Waals surface area contributed by atoms with Crippen molar-refractivity contribution in [3.05, 3.63) is 22.2 Å². The van der Waals surface area contributed by atoms with Gasteiger partial charge in [-0.15, -0.1) is 0 Å². The molecular weight excluding hydrogens is 260 g/mol. The molecule has 0 amide bonds. The molecule has 0 aromatic carbocycles. The Kier molecular flexibility index (Phi) is 4.73. The quantitative estimate of drug-likeness (QED) is 0.633. The number of aromatic nitrogens is 1. The number of nitrogens with zero attached hydrogens (tertiary/aromatic N) is 3. The van der Waals surface area contributed by atoms with Crippen molar-refractivity contribution in [2.24, 2.45) is 0 Å². The Balaban J connectivity index is 2.04. The Hall–Kier alpha value is -1.89. The van der Waals surface area contributed by atoms with Crippen LogP contribution in [0.4, 0.5) is 11.5 Å². The van der Waals surface area contributed by atoms with Crippen molar-refractivity contribution >= 4 is 11.5 Å². The van der Waals surface area contributed by atoms with Gasteiger partial charge < -0.3 is 10.1 Å². The van der Waals surface area contributed by atoms with Gasteiger partial charge in [0.05, 0.1) is 12.0 Å². The van der Waals surface area contributed by atoms with Gasteiger partial charge in [-0.05, 0) is 32.9 Å². The summed E-state index contributed by atoms with van der Waals surface area (Å²) in [6, 6.07) is 3.23. The Morgan fingerprint density at radius 2 is 2.20 bits per heavy atom. The molecule has 0 saturated carbocycles. The van der Waals surface area contributed by atoms with E-state index in [4.69, 9.17) is 4.74 Å². The lowest BCUT2D eigenvalue weighted by Gasteiger charge is -2.24. The van der Waals surface area contributed by atoms with Crippen LogP contribution in [0, 0.1) is 10.1 Å². The third-order valence-electron chi connectivity index (χ3n) is 3.58. The van der Waals surface area contributed by atoms with Gasteiger partial charge in [0.1, 0.15) is 0 Å². The molecule has 0 bridgehead atoms. The smallest absolute Gasteiger partial charge is 0.311 e. The molecule has 110 valence electrons. The average Bonchev–Trinajstić information content (AvgIpc) is 2.98. The van der Waals surface area contributed by atoms with E-state index in [1.165, 1.54) is 32.1 Å². The highest BCUT2D eigenvalue weighted by atomic mass is 16.6. The van der Waals surface area contributed by atoms with Crippen molar-refractivity contribution in [1.82, 2.24) is 9.88 Å². The van der Waals surface area contributed by atoms with E-state index in [1.807, 2.05) is 0 Å². The highest BCUT2D eigenvalue weighted by Gasteiger charge is 2.20. The second kappa shape index (κ2) is 6.51. The van der Waals surface area contributed by atoms with Crippen molar-refractivity contribution in [2.75, 3.05) is 32.1 Å². The van der Waals surface area contributed by atoms with Gasteiger partial charge in [0.2, 0.25) is 11.7 Å². The van der Waals surface area contributed by atoms with Gasteiger partial charge in [-0.1, -0.05) is 0 Å². The number of rotatable bonds is 6. The van der Waals surface area contributed by atoms with Crippen LogP contribution in [0.3, 0.4) is 0 Å². The van der Waals surface area contributed by atoms with Crippen LogP contribution in [0.25, 0.3) is 0 Å². The summed E-state index contributed by atoms with van der Waals surface area (Å²) in [5, 5.41) is 14.1. The summed E-state index contributed by atoms with van der Waals surface area (Å²) >= 11 is 0. The Labute approximate surface area is 118 Å². The SMILES string of the molecule is COc1ccc([N+](=O)[O-])c(NCC(C)N2CCCC2)n1. The number of anilines is 1. The van der Waals surface area contributed by atoms with E-state index < -0.39 is 4.92 Å². The predicted molar refractivity (Wildman–Crippen MR) is 76.2 cm³/mol. The fourth-order valence-electron chi connectivity index (χ4n) is 2.38. The summed E-state index contributed by atoms with van der Waals surface area (Å²) in [6.45, 7) is 4.93. The first-order valence-electron chi connectivity index (χ1n) is 6.79. The van der Waals surface area contributed by atoms with E-state index in [2.05, 4.69) is 22.1 Å². The number of nitro groups is 1. The standard InChI is InChI=1S/C13H20N4O3/c1-10(16-7-3-4-8-16)9-14-13-11(17(18)19)5-6-12(15-13)20-2/h5-6,10H,3-4,7-9H2,1-2H3,(H,14,15). The van der Waals surface area contributed by atoms with E-state index in [1.54, 1.807) is 0 Å². The molecule has 1 saturated heterocycles. The summed E-state index contributed by atoms with van der Waals surface area (Å²) in [7, 11) is 1.49. The van der Waals surface area contributed by atoms with E-state index >= 15 is 0 Å². The molecule has 7 nitrogen and oxygen atoms in total. The highest BCUT2D eigenvalue weighted by molar-refractivity contribution is 5.57. The molecule has 0 aliphatic carbocycles.